The summed E-state index contributed by atoms with van der Waals surface area (Å²) in [6.07, 6.45) is 1.47. The van der Waals surface area contributed by atoms with Crippen molar-refractivity contribution in [2.75, 3.05) is 41.8 Å². The first-order valence-corrected chi connectivity index (χ1v) is 17.3. The van der Waals surface area contributed by atoms with Gasteiger partial charge in [-0.15, -0.1) is 11.8 Å². The topological polar surface area (TPSA) is 111 Å². The number of rotatable bonds is 13. The van der Waals surface area contributed by atoms with Gasteiger partial charge in [-0.05, 0) is 87.6 Å². The molecule has 3 N–H and O–H groups in total. The maximum absolute atomic E-state index is 14.6. The molecule has 3 aliphatic heterocycles. The normalized spacial score (nSPS) is 28.0. The summed E-state index contributed by atoms with van der Waals surface area (Å²) in [7, 11) is 0. The molecule has 1 spiro atoms. The van der Waals surface area contributed by atoms with Crippen molar-refractivity contribution in [1.29, 1.82) is 0 Å². The quantitative estimate of drug-likeness (QED) is 0.275. The molecule has 3 heterocycles. The van der Waals surface area contributed by atoms with E-state index in [2.05, 4.69) is 36.3 Å². The van der Waals surface area contributed by atoms with E-state index in [0.717, 1.165) is 37.4 Å². The van der Waals surface area contributed by atoms with E-state index in [1.807, 2.05) is 57.2 Å². The third-order valence-electron chi connectivity index (χ3n) is 10.3. The van der Waals surface area contributed by atoms with Crippen molar-refractivity contribution in [3.05, 3.63) is 48.5 Å². The van der Waals surface area contributed by atoms with Crippen molar-refractivity contribution < 1.29 is 24.2 Å². The molecule has 0 aliphatic carbocycles. The summed E-state index contributed by atoms with van der Waals surface area (Å²) in [5.41, 5.74) is 2.37. The molecule has 3 fully saturated rings. The molecule has 9 nitrogen and oxygen atoms in total. The van der Waals surface area contributed by atoms with Crippen LogP contribution in [-0.2, 0) is 14.4 Å². The van der Waals surface area contributed by atoms with E-state index < -0.39 is 28.7 Å². The Labute approximate surface area is 271 Å². The van der Waals surface area contributed by atoms with E-state index in [-0.39, 0.29) is 41.4 Å². The number of likely N-dealkylation sites (tertiary alicyclic amines) is 1. The molecule has 5 rings (SSSR count). The van der Waals surface area contributed by atoms with Gasteiger partial charge in [0.05, 0.1) is 35.8 Å². The van der Waals surface area contributed by atoms with E-state index in [1.54, 1.807) is 28.8 Å². The van der Waals surface area contributed by atoms with Crippen molar-refractivity contribution in [2.24, 2.45) is 23.7 Å². The smallest absolute Gasteiger partial charge is 0.248 e. The fourth-order valence-electron chi connectivity index (χ4n) is 7.81. The van der Waals surface area contributed by atoms with Crippen molar-refractivity contribution in [1.82, 2.24) is 4.90 Å². The van der Waals surface area contributed by atoms with Gasteiger partial charge in [-0.25, -0.2) is 0 Å². The number of carbonyl (C=O) groups excluding carboxylic acids is 3. The van der Waals surface area contributed by atoms with Crippen molar-refractivity contribution in [2.45, 2.75) is 76.5 Å². The Hall–Kier alpha value is -3.24. The lowest BCUT2D eigenvalue weighted by atomic mass is 9.66. The van der Waals surface area contributed by atoms with Crippen LogP contribution < -0.4 is 20.3 Å². The van der Waals surface area contributed by atoms with Gasteiger partial charge < -0.3 is 30.3 Å². The van der Waals surface area contributed by atoms with Crippen molar-refractivity contribution in [3.63, 3.8) is 0 Å². The molecule has 2 aromatic rings. The number of aliphatic hydroxyl groups excluding tert-OH is 1. The summed E-state index contributed by atoms with van der Waals surface area (Å²) in [5, 5.41) is 16.7. The molecule has 2 aromatic carbocycles. The van der Waals surface area contributed by atoms with Gasteiger partial charge in [-0.1, -0.05) is 27.2 Å². The number of benzene rings is 2. The maximum atomic E-state index is 14.6. The minimum atomic E-state index is -0.822. The zero-order valence-electron chi connectivity index (χ0n) is 27.3. The number of hydrogen-bond donors (Lipinski definition) is 3. The van der Waals surface area contributed by atoms with Gasteiger partial charge in [-0.2, -0.15) is 0 Å². The van der Waals surface area contributed by atoms with Gasteiger partial charge in [0, 0.05) is 35.4 Å². The molecule has 3 saturated heterocycles. The number of nitrogens with one attached hydrogen (secondary N) is 2. The number of hydrogen-bond acceptors (Lipinski definition) is 7. The lowest BCUT2D eigenvalue weighted by Crippen LogP contribution is -2.58. The summed E-state index contributed by atoms with van der Waals surface area (Å²) in [4.78, 5) is 46.9. The summed E-state index contributed by atoms with van der Waals surface area (Å²) in [6, 6.07) is 13.7. The molecule has 0 saturated carbocycles. The highest BCUT2D eigenvalue weighted by molar-refractivity contribution is 8.02. The highest BCUT2D eigenvalue weighted by Crippen LogP contribution is 2.69. The Bertz CT molecular complexity index is 1370. The van der Waals surface area contributed by atoms with Gasteiger partial charge in [0.1, 0.15) is 11.8 Å². The second-order valence-corrected chi connectivity index (χ2v) is 14.1. The molecule has 3 aliphatic rings. The lowest BCUT2D eigenvalue weighted by molar-refractivity contribution is -0.142. The predicted octanol–water partition coefficient (Wildman–Crippen LogP) is 5.25. The molecule has 8 atom stereocenters. The molecule has 3 amide bonds. The van der Waals surface area contributed by atoms with Crippen LogP contribution in [-0.4, -0.2) is 76.1 Å². The SMILES string of the molecule is CCOc1ccc(NC(=O)[C@@H]2[C@@H]3CC(C)C4(S3)C(C(=O)Nc3ccc(N(CC)CC)cc3)N([C@@H](CO)[C@@H](C)CC)C(=O)[C@H]24)cc1. The number of aliphatic hydroxyl groups is 1. The number of anilines is 3. The third kappa shape index (κ3) is 5.80. The fourth-order valence-corrected chi connectivity index (χ4v) is 10.2. The van der Waals surface area contributed by atoms with E-state index in [9.17, 15) is 19.5 Å². The first kappa shape index (κ1) is 33.1. The maximum Gasteiger partial charge on any atom is 0.248 e. The molecule has 0 radical (unpaired) electrons. The van der Waals surface area contributed by atoms with Gasteiger partial charge in [0.15, 0.2) is 0 Å². The average molecular weight is 637 g/mol. The Kier molecular flexibility index (Phi) is 10.0. The van der Waals surface area contributed by atoms with Crippen LogP contribution in [0.25, 0.3) is 0 Å². The second-order valence-electron chi connectivity index (χ2n) is 12.6. The second kappa shape index (κ2) is 13.6. The first-order valence-electron chi connectivity index (χ1n) is 16.4. The monoisotopic (exact) mass is 636 g/mol. The molecule has 0 aromatic heterocycles. The highest BCUT2D eigenvalue weighted by Gasteiger charge is 2.76. The molecule has 10 heteroatoms. The van der Waals surface area contributed by atoms with Gasteiger partial charge >= 0.3 is 0 Å². The summed E-state index contributed by atoms with van der Waals surface area (Å²) in [6.45, 7) is 14.3. The molecular formula is C35H48N4O5S. The number of amides is 3. The van der Waals surface area contributed by atoms with Crippen molar-refractivity contribution >= 4 is 46.5 Å². The Balaban J connectivity index is 1.48. The molecule has 244 valence electrons. The fraction of sp³-hybridized carbons (Fsp3) is 0.571. The Morgan fingerprint density at radius 3 is 2.18 bits per heavy atom. The Morgan fingerprint density at radius 2 is 1.62 bits per heavy atom. The zero-order chi connectivity index (χ0) is 32.5. The van der Waals surface area contributed by atoms with Crippen LogP contribution in [0.5, 0.6) is 5.75 Å². The number of fused-ring (bicyclic) bond motifs is 1. The summed E-state index contributed by atoms with van der Waals surface area (Å²) >= 11 is 1.64. The van der Waals surface area contributed by atoms with Crippen LogP contribution in [0.4, 0.5) is 17.1 Å². The largest absolute Gasteiger partial charge is 0.494 e. The minimum Gasteiger partial charge on any atom is -0.494 e. The summed E-state index contributed by atoms with van der Waals surface area (Å²) in [5.74, 6) is -1.23. The molecular weight excluding hydrogens is 588 g/mol. The van der Waals surface area contributed by atoms with E-state index >= 15 is 0 Å². The van der Waals surface area contributed by atoms with Gasteiger partial charge in [0.25, 0.3) is 0 Å². The number of nitrogens with zero attached hydrogens (tertiary/aromatic N) is 2. The minimum absolute atomic E-state index is 0.0260. The van der Waals surface area contributed by atoms with Crippen LogP contribution >= 0.6 is 11.8 Å². The molecule has 2 bridgehead atoms. The van der Waals surface area contributed by atoms with Crippen LogP contribution in [0.15, 0.2) is 48.5 Å². The van der Waals surface area contributed by atoms with Crippen molar-refractivity contribution in [3.8, 4) is 5.75 Å². The van der Waals surface area contributed by atoms with Crippen LogP contribution in [0.1, 0.15) is 54.4 Å². The third-order valence-corrected chi connectivity index (χ3v) is 12.4. The zero-order valence-corrected chi connectivity index (χ0v) is 28.1. The van der Waals surface area contributed by atoms with Crippen LogP contribution in [0.3, 0.4) is 0 Å². The number of ether oxygens (including phenoxy) is 1. The van der Waals surface area contributed by atoms with Gasteiger partial charge in [0.2, 0.25) is 17.7 Å². The average Bonchev–Trinajstić information content (AvgIpc) is 3.63. The van der Waals surface area contributed by atoms with E-state index in [4.69, 9.17) is 4.74 Å². The number of carbonyl (C=O) groups is 3. The molecule has 45 heavy (non-hydrogen) atoms. The first-order chi connectivity index (χ1) is 21.6. The van der Waals surface area contributed by atoms with Gasteiger partial charge in [-0.3, -0.25) is 14.4 Å². The highest BCUT2D eigenvalue weighted by atomic mass is 32.2. The van der Waals surface area contributed by atoms with Crippen LogP contribution in [0, 0.1) is 23.7 Å². The number of thioether (sulfide) groups is 1. The summed E-state index contributed by atoms with van der Waals surface area (Å²) < 4.78 is 4.75. The predicted molar refractivity (Wildman–Crippen MR) is 181 cm³/mol. The van der Waals surface area contributed by atoms with E-state index in [0.29, 0.717) is 18.0 Å². The molecule has 3 unspecified atom stereocenters. The Morgan fingerprint density at radius 1 is 1.02 bits per heavy atom. The van der Waals surface area contributed by atoms with E-state index in [1.165, 1.54) is 0 Å². The van der Waals surface area contributed by atoms with Crippen LogP contribution in [0.2, 0.25) is 0 Å². The standard InChI is InChI=1S/C35H48N4O5S/c1-7-21(5)27(20-40)39-31(33(42)37-23-11-15-25(16-12-23)38(8-2)9-3)35-22(6)19-28(45-35)29(30(35)34(39)43)32(41)36-24-13-17-26(18-14-24)44-10-4/h11-18,21-22,27-31,40H,7-10,19-20H2,1-6H3,(H,36,41)(H,37,42)/t21-,22?,27-,28-,29+,30-,31?,35?/m0/s1. The lowest BCUT2D eigenvalue weighted by Gasteiger charge is -2.41.